The van der Waals surface area contributed by atoms with E-state index >= 15 is 0 Å². The summed E-state index contributed by atoms with van der Waals surface area (Å²) in [6.45, 7) is 0. The molecule has 0 spiro atoms. The monoisotopic (exact) mass is 209 g/mol. The van der Waals surface area contributed by atoms with Crippen molar-refractivity contribution in [3.05, 3.63) is 30.5 Å². The second kappa shape index (κ2) is 3.71. The maximum absolute atomic E-state index is 12.8. The van der Waals surface area contributed by atoms with E-state index in [-0.39, 0.29) is 5.82 Å². The SMILES string of the molecule is CNc1cnc(-c2cncc(F)c2)s1. The second-order valence-electron chi connectivity index (χ2n) is 2.67. The quantitative estimate of drug-likeness (QED) is 0.825. The Labute approximate surface area is 84.6 Å². The largest absolute Gasteiger partial charge is 0.379 e. The first-order valence-electron chi connectivity index (χ1n) is 4.04. The number of aromatic nitrogens is 2. The Balaban J connectivity index is 2.39. The Morgan fingerprint density at radius 2 is 2.21 bits per heavy atom. The lowest BCUT2D eigenvalue weighted by atomic mass is 10.3. The van der Waals surface area contributed by atoms with Crippen molar-refractivity contribution in [3.63, 3.8) is 0 Å². The molecule has 0 radical (unpaired) electrons. The molecule has 0 saturated carbocycles. The highest BCUT2D eigenvalue weighted by Gasteiger charge is 2.04. The van der Waals surface area contributed by atoms with E-state index in [0.29, 0.717) is 5.56 Å². The minimum absolute atomic E-state index is 0.344. The van der Waals surface area contributed by atoms with E-state index in [2.05, 4.69) is 15.3 Å². The second-order valence-corrected chi connectivity index (χ2v) is 3.70. The number of hydrogen-bond donors (Lipinski definition) is 1. The van der Waals surface area contributed by atoms with Crippen LogP contribution in [0.25, 0.3) is 10.6 Å². The standard InChI is InChI=1S/C9H8FN3S/c1-11-8-5-13-9(14-8)6-2-7(10)4-12-3-6/h2-5,11H,1H3. The number of nitrogens with one attached hydrogen (secondary N) is 1. The van der Waals surface area contributed by atoms with Crippen molar-refractivity contribution in [2.45, 2.75) is 0 Å². The Bertz CT molecular complexity index is 441. The first-order valence-corrected chi connectivity index (χ1v) is 4.86. The van der Waals surface area contributed by atoms with E-state index in [0.717, 1.165) is 10.0 Å². The molecule has 0 aliphatic carbocycles. The summed E-state index contributed by atoms with van der Waals surface area (Å²) in [4.78, 5) is 7.91. The summed E-state index contributed by atoms with van der Waals surface area (Å²) in [6, 6.07) is 1.42. The van der Waals surface area contributed by atoms with Gasteiger partial charge in [-0.1, -0.05) is 11.3 Å². The molecule has 0 bridgehead atoms. The highest BCUT2D eigenvalue weighted by Crippen LogP contribution is 2.27. The summed E-state index contributed by atoms with van der Waals surface area (Å²) in [5.41, 5.74) is 0.705. The van der Waals surface area contributed by atoms with Gasteiger partial charge in [0.2, 0.25) is 0 Å². The van der Waals surface area contributed by atoms with Crippen LogP contribution in [0.3, 0.4) is 0 Å². The highest BCUT2D eigenvalue weighted by molar-refractivity contribution is 7.18. The Kier molecular flexibility index (Phi) is 2.41. The van der Waals surface area contributed by atoms with Gasteiger partial charge in [0.15, 0.2) is 0 Å². The lowest BCUT2D eigenvalue weighted by Gasteiger charge is -1.94. The van der Waals surface area contributed by atoms with Crippen molar-refractivity contribution in [2.24, 2.45) is 0 Å². The van der Waals surface area contributed by atoms with Crippen molar-refractivity contribution < 1.29 is 4.39 Å². The fourth-order valence-electron chi connectivity index (χ4n) is 1.05. The predicted octanol–water partition coefficient (Wildman–Crippen LogP) is 2.39. The smallest absolute Gasteiger partial charge is 0.142 e. The zero-order valence-electron chi connectivity index (χ0n) is 7.49. The van der Waals surface area contributed by atoms with Gasteiger partial charge in [-0.2, -0.15) is 0 Å². The first kappa shape index (κ1) is 9.08. The molecule has 0 amide bonds. The summed E-state index contributed by atoms with van der Waals surface area (Å²) in [5.74, 6) is -0.344. The van der Waals surface area contributed by atoms with Gasteiger partial charge in [-0.05, 0) is 6.07 Å². The molecule has 14 heavy (non-hydrogen) atoms. The van der Waals surface area contributed by atoms with Crippen molar-refractivity contribution in [2.75, 3.05) is 12.4 Å². The van der Waals surface area contributed by atoms with Gasteiger partial charge in [0.25, 0.3) is 0 Å². The van der Waals surface area contributed by atoms with Crippen molar-refractivity contribution in [1.29, 1.82) is 0 Å². The Hall–Kier alpha value is -1.49. The van der Waals surface area contributed by atoms with Crippen LogP contribution in [0.5, 0.6) is 0 Å². The van der Waals surface area contributed by atoms with Crippen molar-refractivity contribution >= 4 is 16.3 Å². The van der Waals surface area contributed by atoms with Crippen LogP contribution in [0, 0.1) is 5.82 Å². The van der Waals surface area contributed by atoms with E-state index in [9.17, 15) is 4.39 Å². The number of nitrogens with zero attached hydrogens (tertiary/aromatic N) is 2. The number of rotatable bonds is 2. The van der Waals surface area contributed by atoms with Crippen LogP contribution in [0.2, 0.25) is 0 Å². The van der Waals surface area contributed by atoms with E-state index in [1.54, 1.807) is 12.4 Å². The van der Waals surface area contributed by atoms with Crippen LogP contribution >= 0.6 is 11.3 Å². The van der Waals surface area contributed by atoms with E-state index in [4.69, 9.17) is 0 Å². The molecule has 0 fully saturated rings. The number of hydrogen-bond acceptors (Lipinski definition) is 4. The third-order valence-corrected chi connectivity index (χ3v) is 2.77. The Morgan fingerprint density at radius 1 is 1.36 bits per heavy atom. The van der Waals surface area contributed by atoms with Gasteiger partial charge in [0.05, 0.1) is 12.4 Å². The molecule has 0 aliphatic rings. The molecule has 5 heteroatoms. The lowest BCUT2D eigenvalue weighted by Crippen LogP contribution is -1.81. The molecule has 3 nitrogen and oxygen atoms in total. The number of anilines is 1. The van der Waals surface area contributed by atoms with Crippen LogP contribution in [0.4, 0.5) is 9.39 Å². The van der Waals surface area contributed by atoms with Crippen LogP contribution in [0.1, 0.15) is 0 Å². The van der Waals surface area contributed by atoms with E-state index < -0.39 is 0 Å². The van der Waals surface area contributed by atoms with Crippen molar-refractivity contribution in [1.82, 2.24) is 9.97 Å². The zero-order valence-corrected chi connectivity index (χ0v) is 8.31. The van der Waals surface area contributed by atoms with Gasteiger partial charge in [-0.3, -0.25) is 4.98 Å². The maximum Gasteiger partial charge on any atom is 0.142 e. The summed E-state index contributed by atoms with van der Waals surface area (Å²) in [5, 5.41) is 4.69. The highest BCUT2D eigenvalue weighted by atomic mass is 32.1. The molecule has 72 valence electrons. The molecule has 0 unspecified atom stereocenters. The molecule has 2 aromatic heterocycles. The molecule has 2 heterocycles. The molecule has 2 aromatic rings. The fraction of sp³-hybridized carbons (Fsp3) is 0.111. The van der Waals surface area contributed by atoms with Crippen LogP contribution in [0.15, 0.2) is 24.7 Å². The molecule has 0 saturated heterocycles. The first-order chi connectivity index (χ1) is 6.79. The normalized spacial score (nSPS) is 10.1. The van der Waals surface area contributed by atoms with E-state index in [1.807, 2.05) is 7.05 Å². The van der Waals surface area contributed by atoms with E-state index in [1.165, 1.54) is 23.6 Å². The minimum Gasteiger partial charge on any atom is -0.379 e. The number of pyridine rings is 1. The van der Waals surface area contributed by atoms with Gasteiger partial charge in [0, 0.05) is 18.8 Å². The van der Waals surface area contributed by atoms with Crippen molar-refractivity contribution in [3.8, 4) is 10.6 Å². The number of halogens is 1. The third-order valence-electron chi connectivity index (χ3n) is 1.70. The summed E-state index contributed by atoms with van der Waals surface area (Å²) in [7, 11) is 1.82. The van der Waals surface area contributed by atoms with Gasteiger partial charge < -0.3 is 5.32 Å². The molecule has 0 aromatic carbocycles. The topological polar surface area (TPSA) is 37.8 Å². The van der Waals surface area contributed by atoms with Crippen LogP contribution < -0.4 is 5.32 Å². The third kappa shape index (κ3) is 1.72. The molecule has 0 atom stereocenters. The van der Waals surface area contributed by atoms with Gasteiger partial charge in [-0.15, -0.1) is 0 Å². The number of thiazole rings is 1. The van der Waals surface area contributed by atoms with Crippen LogP contribution in [-0.4, -0.2) is 17.0 Å². The zero-order chi connectivity index (χ0) is 9.97. The lowest BCUT2D eigenvalue weighted by molar-refractivity contribution is 0.622. The summed E-state index contributed by atoms with van der Waals surface area (Å²) < 4.78 is 12.8. The van der Waals surface area contributed by atoms with Gasteiger partial charge in [0.1, 0.15) is 15.8 Å². The predicted molar refractivity (Wildman–Crippen MR) is 54.8 cm³/mol. The average molecular weight is 209 g/mol. The average Bonchev–Trinajstić information content (AvgIpc) is 2.66. The fourth-order valence-corrected chi connectivity index (χ4v) is 1.80. The molecule has 0 aliphatic heterocycles. The maximum atomic E-state index is 12.8. The minimum atomic E-state index is -0.344. The Morgan fingerprint density at radius 3 is 2.86 bits per heavy atom. The van der Waals surface area contributed by atoms with Gasteiger partial charge in [-0.25, -0.2) is 9.37 Å². The molecular formula is C9H8FN3S. The molecule has 1 N–H and O–H groups in total. The van der Waals surface area contributed by atoms with Gasteiger partial charge >= 0.3 is 0 Å². The summed E-state index contributed by atoms with van der Waals surface area (Å²) >= 11 is 1.47. The summed E-state index contributed by atoms with van der Waals surface area (Å²) in [6.07, 6.45) is 4.49. The molecule has 2 rings (SSSR count). The molecular weight excluding hydrogens is 201 g/mol. The van der Waals surface area contributed by atoms with Crippen LogP contribution in [-0.2, 0) is 0 Å².